The maximum absolute atomic E-state index is 12.2. The molecule has 0 aromatic carbocycles. The van der Waals surface area contributed by atoms with E-state index in [1.807, 2.05) is 20.8 Å². The molecule has 5 atom stereocenters. The number of esters is 1. The summed E-state index contributed by atoms with van der Waals surface area (Å²) in [5, 5.41) is 0. The Balaban J connectivity index is 2.53. The van der Waals surface area contributed by atoms with Crippen LogP contribution in [-0.2, 0) is 19.0 Å². The third-order valence-electron chi connectivity index (χ3n) is 4.91. The van der Waals surface area contributed by atoms with Gasteiger partial charge in [-0.2, -0.15) is 0 Å². The van der Waals surface area contributed by atoms with Crippen molar-refractivity contribution in [1.82, 2.24) is 9.55 Å². The molecule has 1 N–H and O–H groups in total. The molecule has 0 radical (unpaired) electrons. The Kier molecular flexibility index (Phi) is 5.29. The van der Waals surface area contributed by atoms with E-state index in [4.69, 9.17) is 14.2 Å². The average Bonchev–Trinajstić information content (AvgIpc) is 2.80. The minimum atomic E-state index is -0.842. The van der Waals surface area contributed by atoms with Gasteiger partial charge in [0.1, 0.15) is 5.60 Å². The lowest BCUT2D eigenvalue weighted by Crippen LogP contribution is -2.47. The number of methoxy groups -OCH3 is 1. The Morgan fingerprint density at radius 3 is 2.67 bits per heavy atom. The Morgan fingerprint density at radius 1 is 1.50 bits per heavy atom. The zero-order valence-electron chi connectivity index (χ0n) is 14.6. The lowest BCUT2D eigenvalue weighted by Gasteiger charge is -2.36. The molecule has 0 saturated carbocycles. The molecule has 2 heterocycles. The highest BCUT2D eigenvalue weighted by Crippen LogP contribution is 2.47. The Bertz CT molecular complexity index is 711. The number of ether oxygens (including phenoxy) is 3. The molecule has 1 unspecified atom stereocenters. The van der Waals surface area contributed by atoms with Crippen LogP contribution in [-0.4, -0.2) is 40.4 Å². The number of carbonyl (C=O) groups is 1. The van der Waals surface area contributed by atoms with Crippen molar-refractivity contribution < 1.29 is 19.0 Å². The van der Waals surface area contributed by atoms with Crippen LogP contribution in [0.2, 0.25) is 0 Å². The second-order valence-electron chi connectivity index (χ2n) is 6.07. The minimum absolute atomic E-state index is 0.217. The molecule has 0 amide bonds. The molecule has 8 heteroatoms. The van der Waals surface area contributed by atoms with E-state index >= 15 is 0 Å². The second kappa shape index (κ2) is 6.90. The maximum Gasteiger partial charge on any atom is 0.330 e. The first-order valence-electron chi connectivity index (χ1n) is 7.96. The fourth-order valence-corrected chi connectivity index (χ4v) is 3.48. The van der Waals surface area contributed by atoms with Crippen molar-refractivity contribution in [3.8, 4) is 0 Å². The fraction of sp³-hybridized carbons (Fsp3) is 0.688. The van der Waals surface area contributed by atoms with Crippen LogP contribution in [0.25, 0.3) is 0 Å². The van der Waals surface area contributed by atoms with Gasteiger partial charge in [0.2, 0.25) is 0 Å². The number of aromatic amines is 1. The normalized spacial score (nSPS) is 31.0. The summed E-state index contributed by atoms with van der Waals surface area (Å²) in [5.74, 6) is -0.680. The molecule has 8 nitrogen and oxygen atoms in total. The van der Waals surface area contributed by atoms with Gasteiger partial charge in [-0.3, -0.25) is 19.1 Å². The van der Waals surface area contributed by atoms with Gasteiger partial charge < -0.3 is 14.2 Å². The highest BCUT2D eigenvalue weighted by molar-refractivity contribution is 5.66. The monoisotopic (exact) mass is 340 g/mol. The van der Waals surface area contributed by atoms with E-state index in [0.29, 0.717) is 6.42 Å². The van der Waals surface area contributed by atoms with Crippen LogP contribution in [0, 0.1) is 5.92 Å². The molecule has 1 aromatic rings. The number of carbonyl (C=O) groups excluding carboxylic acids is 1. The van der Waals surface area contributed by atoms with E-state index in [1.54, 1.807) is 7.11 Å². The van der Waals surface area contributed by atoms with Gasteiger partial charge in [-0.25, -0.2) is 4.79 Å². The van der Waals surface area contributed by atoms with Crippen molar-refractivity contribution in [2.75, 3.05) is 7.11 Å². The summed E-state index contributed by atoms with van der Waals surface area (Å²) < 4.78 is 18.4. The third-order valence-corrected chi connectivity index (χ3v) is 4.91. The molecule has 1 fully saturated rings. The van der Waals surface area contributed by atoms with Gasteiger partial charge in [0, 0.05) is 32.2 Å². The fourth-order valence-electron chi connectivity index (χ4n) is 3.48. The summed E-state index contributed by atoms with van der Waals surface area (Å²) in [4.78, 5) is 37.2. The SMILES string of the molecule is CC[C@]1(C(C)OC)O[C@@H](n2ccc(=O)[nH]c2=O)[C@H](OC(C)=O)[C@@H]1C. The van der Waals surface area contributed by atoms with E-state index in [9.17, 15) is 14.4 Å². The van der Waals surface area contributed by atoms with Gasteiger partial charge in [0.25, 0.3) is 5.56 Å². The van der Waals surface area contributed by atoms with Crippen molar-refractivity contribution >= 4 is 5.97 Å². The lowest BCUT2D eigenvalue weighted by molar-refractivity contribution is -0.163. The number of aromatic nitrogens is 2. The molecule has 0 bridgehead atoms. The van der Waals surface area contributed by atoms with Crippen molar-refractivity contribution in [3.63, 3.8) is 0 Å². The van der Waals surface area contributed by atoms with Crippen LogP contribution in [0.15, 0.2) is 21.9 Å². The number of hydrogen-bond acceptors (Lipinski definition) is 6. The predicted octanol–water partition coefficient (Wildman–Crippen LogP) is 0.817. The van der Waals surface area contributed by atoms with E-state index in [1.165, 1.54) is 23.8 Å². The van der Waals surface area contributed by atoms with E-state index in [-0.39, 0.29) is 12.0 Å². The third kappa shape index (κ3) is 3.03. The second-order valence-corrected chi connectivity index (χ2v) is 6.07. The first kappa shape index (κ1) is 18.4. The van der Waals surface area contributed by atoms with E-state index < -0.39 is 35.2 Å². The number of nitrogens with zero attached hydrogens (tertiary/aromatic N) is 1. The molecule has 24 heavy (non-hydrogen) atoms. The molecule has 0 spiro atoms. The van der Waals surface area contributed by atoms with Crippen molar-refractivity contribution in [2.45, 2.75) is 58.2 Å². The highest BCUT2D eigenvalue weighted by Gasteiger charge is 2.57. The van der Waals surface area contributed by atoms with Gasteiger partial charge in [0.15, 0.2) is 12.3 Å². The Labute approximate surface area is 139 Å². The molecular formula is C16H24N2O6. The quantitative estimate of drug-likeness (QED) is 0.797. The molecule has 1 aromatic heterocycles. The number of hydrogen-bond donors (Lipinski definition) is 1. The molecular weight excluding hydrogens is 316 g/mol. The summed E-state index contributed by atoms with van der Waals surface area (Å²) >= 11 is 0. The molecule has 1 aliphatic heterocycles. The van der Waals surface area contributed by atoms with Crippen LogP contribution in [0.5, 0.6) is 0 Å². The van der Waals surface area contributed by atoms with Crippen LogP contribution in [0.3, 0.4) is 0 Å². The topological polar surface area (TPSA) is 99.6 Å². The summed E-state index contributed by atoms with van der Waals surface area (Å²) in [7, 11) is 1.58. The zero-order valence-corrected chi connectivity index (χ0v) is 14.6. The number of rotatable bonds is 5. The largest absolute Gasteiger partial charge is 0.457 e. The van der Waals surface area contributed by atoms with Gasteiger partial charge in [0.05, 0.1) is 6.10 Å². The maximum atomic E-state index is 12.2. The Morgan fingerprint density at radius 2 is 2.17 bits per heavy atom. The van der Waals surface area contributed by atoms with Crippen molar-refractivity contribution in [1.29, 1.82) is 0 Å². The average molecular weight is 340 g/mol. The summed E-state index contributed by atoms with van der Waals surface area (Å²) in [6, 6.07) is 1.23. The molecule has 1 saturated heterocycles. The molecule has 1 aliphatic rings. The summed E-state index contributed by atoms with van der Waals surface area (Å²) in [6.07, 6.45) is 0.154. The minimum Gasteiger partial charge on any atom is -0.457 e. The molecule has 2 rings (SSSR count). The van der Waals surface area contributed by atoms with Crippen LogP contribution in [0.1, 0.15) is 40.3 Å². The van der Waals surface area contributed by atoms with Crippen LogP contribution in [0.4, 0.5) is 0 Å². The van der Waals surface area contributed by atoms with Gasteiger partial charge >= 0.3 is 11.7 Å². The zero-order chi connectivity index (χ0) is 18.1. The smallest absolute Gasteiger partial charge is 0.330 e. The van der Waals surface area contributed by atoms with Crippen LogP contribution < -0.4 is 11.2 Å². The number of nitrogens with one attached hydrogen (secondary N) is 1. The first-order valence-corrected chi connectivity index (χ1v) is 7.96. The number of H-pyrrole nitrogens is 1. The summed E-state index contributed by atoms with van der Waals surface area (Å²) in [5.41, 5.74) is -1.85. The van der Waals surface area contributed by atoms with Gasteiger partial charge in [-0.15, -0.1) is 0 Å². The standard InChI is InChI=1S/C16H24N2O6/c1-6-16(10(3)22-5)9(2)13(23-11(4)19)14(24-16)18-8-7-12(20)17-15(18)21/h7-10,13-14H,6H2,1-5H3,(H,17,20,21)/t9-,10?,13+,14+,16-/m0/s1. The van der Waals surface area contributed by atoms with Crippen molar-refractivity contribution in [3.05, 3.63) is 33.1 Å². The summed E-state index contributed by atoms with van der Waals surface area (Å²) in [6.45, 7) is 7.05. The van der Waals surface area contributed by atoms with Gasteiger partial charge in [-0.05, 0) is 13.3 Å². The Hall–Kier alpha value is -1.93. The highest BCUT2D eigenvalue weighted by atomic mass is 16.6. The first-order chi connectivity index (χ1) is 11.3. The lowest BCUT2D eigenvalue weighted by atomic mass is 9.81. The predicted molar refractivity (Wildman–Crippen MR) is 85.7 cm³/mol. The van der Waals surface area contributed by atoms with Crippen LogP contribution >= 0.6 is 0 Å². The molecule has 0 aliphatic carbocycles. The van der Waals surface area contributed by atoms with E-state index in [0.717, 1.165) is 0 Å². The van der Waals surface area contributed by atoms with E-state index in [2.05, 4.69) is 4.98 Å². The molecule has 134 valence electrons. The van der Waals surface area contributed by atoms with Gasteiger partial charge in [-0.1, -0.05) is 13.8 Å². The van der Waals surface area contributed by atoms with Crippen molar-refractivity contribution in [2.24, 2.45) is 5.92 Å².